The van der Waals surface area contributed by atoms with Crippen LogP contribution in [0.25, 0.3) is 0 Å². The Morgan fingerprint density at radius 2 is 1.95 bits per heavy atom. The molecule has 0 spiro atoms. The number of hydrogen-bond acceptors (Lipinski definition) is 5. The second-order valence-corrected chi connectivity index (χ2v) is 5.15. The predicted molar refractivity (Wildman–Crippen MR) is 85.2 cm³/mol. The SMILES string of the molecule is CCC(N)C(c1ccccn1)N(CCCOC)CCOC. The fourth-order valence-electron chi connectivity index (χ4n) is 2.46. The van der Waals surface area contributed by atoms with Gasteiger partial charge in [-0.1, -0.05) is 13.0 Å². The van der Waals surface area contributed by atoms with Gasteiger partial charge in [0.2, 0.25) is 0 Å². The molecule has 2 unspecified atom stereocenters. The van der Waals surface area contributed by atoms with Crippen molar-refractivity contribution in [1.29, 1.82) is 0 Å². The zero-order valence-corrected chi connectivity index (χ0v) is 13.5. The third-order valence-electron chi connectivity index (χ3n) is 3.64. The summed E-state index contributed by atoms with van der Waals surface area (Å²) < 4.78 is 10.4. The molecule has 1 aromatic heterocycles. The normalized spacial score (nSPS) is 14.3. The van der Waals surface area contributed by atoms with Gasteiger partial charge in [-0.15, -0.1) is 0 Å². The fraction of sp³-hybridized carbons (Fsp3) is 0.688. The van der Waals surface area contributed by atoms with Gasteiger partial charge in [-0.25, -0.2) is 0 Å². The van der Waals surface area contributed by atoms with Crippen molar-refractivity contribution in [2.24, 2.45) is 5.73 Å². The number of ether oxygens (including phenoxy) is 2. The van der Waals surface area contributed by atoms with Crippen molar-refractivity contribution in [1.82, 2.24) is 9.88 Å². The third kappa shape index (κ3) is 6.09. The number of methoxy groups -OCH3 is 2. The zero-order valence-electron chi connectivity index (χ0n) is 13.5. The topological polar surface area (TPSA) is 60.6 Å². The van der Waals surface area contributed by atoms with Crippen LogP contribution in [0.4, 0.5) is 0 Å². The summed E-state index contributed by atoms with van der Waals surface area (Å²) >= 11 is 0. The highest BCUT2D eigenvalue weighted by Crippen LogP contribution is 2.23. The first kappa shape index (κ1) is 18.0. The molecule has 2 N–H and O–H groups in total. The van der Waals surface area contributed by atoms with Crippen molar-refractivity contribution in [2.45, 2.75) is 31.8 Å². The zero-order chi connectivity index (χ0) is 15.5. The minimum atomic E-state index is 0.0549. The van der Waals surface area contributed by atoms with Crippen LogP contribution in [-0.2, 0) is 9.47 Å². The lowest BCUT2D eigenvalue weighted by Gasteiger charge is -2.34. The summed E-state index contributed by atoms with van der Waals surface area (Å²) in [6, 6.07) is 6.17. The first-order chi connectivity index (χ1) is 10.2. The molecule has 0 saturated heterocycles. The summed E-state index contributed by atoms with van der Waals surface area (Å²) in [6.07, 6.45) is 3.71. The number of aromatic nitrogens is 1. The molecule has 0 fully saturated rings. The molecule has 120 valence electrons. The molecule has 0 amide bonds. The highest BCUT2D eigenvalue weighted by atomic mass is 16.5. The molecule has 0 bridgehead atoms. The van der Waals surface area contributed by atoms with Gasteiger partial charge in [0.1, 0.15) is 0 Å². The average Bonchev–Trinajstić information content (AvgIpc) is 2.53. The van der Waals surface area contributed by atoms with Crippen LogP contribution in [0.2, 0.25) is 0 Å². The summed E-state index contributed by atoms with van der Waals surface area (Å²) in [5, 5.41) is 0. The molecular weight excluding hydrogens is 266 g/mol. The van der Waals surface area contributed by atoms with Crippen LogP contribution in [0.3, 0.4) is 0 Å². The maximum Gasteiger partial charge on any atom is 0.0674 e. The van der Waals surface area contributed by atoms with Gasteiger partial charge in [0, 0.05) is 46.2 Å². The molecule has 0 aliphatic rings. The molecule has 1 heterocycles. The first-order valence-corrected chi connectivity index (χ1v) is 7.63. The van der Waals surface area contributed by atoms with E-state index in [0.717, 1.165) is 38.2 Å². The van der Waals surface area contributed by atoms with Crippen LogP contribution >= 0.6 is 0 Å². The molecule has 1 rings (SSSR count). The van der Waals surface area contributed by atoms with Crippen LogP contribution < -0.4 is 5.73 Å². The molecule has 21 heavy (non-hydrogen) atoms. The maximum absolute atomic E-state index is 6.37. The largest absolute Gasteiger partial charge is 0.385 e. The minimum absolute atomic E-state index is 0.0549. The standard InChI is InChI=1S/C16H29N3O2/c1-4-14(17)16(15-8-5-6-9-18-15)19(11-13-21-3)10-7-12-20-2/h5-6,8-9,14,16H,4,7,10-13,17H2,1-3H3. The second-order valence-electron chi connectivity index (χ2n) is 5.15. The first-order valence-electron chi connectivity index (χ1n) is 7.63. The van der Waals surface area contributed by atoms with Crippen LogP contribution in [0.1, 0.15) is 31.5 Å². The minimum Gasteiger partial charge on any atom is -0.385 e. The van der Waals surface area contributed by atoms with E-state index in [2.05, 4.69) is 22.9 Å². The van der Waals surface area contributed by atoms with E-state index >= 15 is 0 Å². The molecule has 2 atom stereocenters. The maximum atomic E-state index is 6.37. The molecule has 0 saturated carbocycles. The van der Waals surface area contributed by atoms with E-state index in [0.29, 0.717) is 6.61 Å². The van der Waals surface area contributed by atoms with Gasteiger partial charge in [-0.2, -0.15) is 0 Å². The Bertz CT molecular complexity index is 362. The number of rotatable bonds is 11. The fourth-order valence-corrected chi connectivity index (χ4v) is 2.46. The lowest BCUT2D eigenvalue weighted by molar-refractivity contribution is 0.0937. The molecule has 0 aliphatic carbocycles. The van der Waals surface area contributed by atoms with Crippen molar-refractivity contribution in [3.63, 3.8) is 0 Å². The monoisotopic (exact) mass is 295 g/mol. The summed E-state index contributed by atoms with van der Waals surface area (Å²) in [6.45, 7) is 5.32. The van der Waals surface area contributed by atoms with E-state index in [1.54, 1.807) is 14.2 Å². The van der Waals surface area contributed by atoms with Gasteiger partial charge >= 0.3 is 0 Å². The van der Waals surface area contributed by atoms with Gasteiger partial charge < -0.3 is 15.2 Å². The highest BCUT2D eigenvalue weighted by molar-refractivity contribution is 5.11. The molecule has 1 aromatic rings. The quantitative estimate of drug-likeness (QED) is 0.631. The van der Waals surface area contributed by atoms with E-state index in [1.807, 2.05) is 18.3 Å². The molecule has 0 radical (unpaired) electrons. The Kier molecular flexibility index (Phi) is 9.17. The summed E-state index contributed by atoms with van der Waals surface area (Å²) in [7, 11) is 3.45. The smallest absolute Gasteiger partial charge is 0.0674 e. The van der Waals surface area contributed by atoms with E-state index in [-0.39, 0.29) is 12.1 Å². The van der Waals surface area contributed by atoms with Crippen LogP contribution in [0.15, 0.2) is 24.4 Å². The van der Waals surface area contributed by atoms with E-state index in [1.165, 1.54) is 0 Å². The number of hydrogen-bond donors (Lipinski definition) is 1. The molecule has 5 nitrogen and oxygen atoms in total. The molecule has 0 aromatic carbocycles. The van der Waals surface area contributed by atoms with Crippen LogP contribution in [0, 0.1) is 0 Å². The molecular formula is C16H29N3O2. The highest BCUT2D eigenvalue weighted by Gasteiger charge is 2.26. The number of nitrogens with two attached hydrogens (primary N) is 1. The number of pyridine rings is 1. The van der Waals surface area contributed by atoms with Gasteiger partial charge in [0.25, 0.3) is 0 Å². The van der Waals surface area contributed by atoms with Gasteiger partial charge in [-0.05, 0) is 25.0 Å². The predicted octanol–water partition coefficient (Wildman–Crippen LogP) is 1.84. The average molecular weight is 295 g/mol. The van der Waals surface area contributed by atoms with E-state index in [4.69, 9.17) is 15.2 Å². The van der Waals surface area contributed by atoms with Crippen molar-refractivity contribution in [3.05, 3.63) is 30.1 Å². The lowest BCUT2D eigenvalue weighted by Crippen LogP contribution is -2.43. The van der Waals surface area contributed by atoms with Crippen LogP contribution in [-0.4, -0.2) is 56.4 Å². The van der Waals surface area contributed by atoms with Gasteiger partial charge in [0.15, 0.2) is 0 Å². The van der Waals surface area contributed by atoms with Crippen molar-refractivity contribution in [3.8, 4) is 0 Å². The summed E-state index contributed by atoms with van der Waals surface area (Å²) in [5.41, 5.74) is 7.40. The van der Waals surface area contributed by atoms with Crippen molar-refractivity contribution < 1.29 is 9.47 Å². The van der Waals surface area contributed by atoms with Gasteiger partial charge in [0.05, 0.1) is 18.3 Å². The Morgan fingerprint density at radius 1 is 1.19 bits per heavy atom. The Hall–Kier alpha value is -1.01. The lowest BCUT2D eigenvalue weighted by atomic mass is 10.00. The van der Waals surface area contributed by atoms with E-state index in [9.17, 15) is 0 Å². The summed E-state index contributed by atoms with van der Waals surface area (Å²) in [5.74, 6) is 0. The molecule has 5 heteroatoms. The van der Waals surface area contributed by atoms with Crippen molar-refractivity contribution in [2.75, 3.05) is 40.5 Å². The number of nitrogens with zero attached hydrogens (tertiary/aromatic N) is 2. The van der Waals surface area contributed by atoms with E-state index < -0.39 is 0 Å². The summed E-state index contributed by atoms with van der Waals surface area (Å²) in [4.78, 5) is 6.87. The molecule has 0 aliphatic heterocycles. The van der Waals surface area contributed by atoms with Gasteiger partial charge in [-0.3, -0.25) is 9.88 Å². The second kappa shape index (κ2) is 10.7. The Labute approximate surface area is 128 Å². The Balaban J connectivity index is 2.87. The van der Waals surface area contributed by atoms with Crippen molar-refractivity contribution >= 4 is 0 Å². The Morgan fingerprint density at radius 3 is 2.52 bits per heavy atom. The van der Waals surface area contributed by atoms with Crippen LogP contribution in [0.5, 0.6) is 0 Å². The third-order valence-corrected chi connectivity index (χ3v) is 3.64.